The predicted octanol–water partition coefficient (Wildman–Crippen LogP) is 4.33. The van der Waals surface area contributed by atoms with Crippen molar-refractivity contribution in [3.63, 3.8) is 0 Å². The number of ether oxygens (including phenoxy) is 1. The van der Waals surface area contributed by atoms with Crippen LogP contribution >= 0.6 is 11.6 Å². The first-order valence-corrected chi connectivity index (χ1v) is 8.18. The summed E-state index contributed by atoms with van der Waals surface area (Å²) in [7, 11) is 0. The van der Waals surface area contributed by atoms with Gasteiger partial charge in [0, 0.05) is 17.7 Å². The molecule has 2 nitrogen and oxygen atoms in total. The Bertz CT molecular complexity index is 478. The van der Waals surface area contributed by atoms with Gasteiger partial charge < -0.3 is 10.5 Å². The van der Waals surface area contributed by atoms with E-state index in [2.05, 4.69) is 6.92 Å². The van der Waals surface area contributed by atoms with Gasteiger partial charge in [-0.05, 0) is 49.8 Å². The first-order chi connectivity index (χ1) is 9.97. The molecule has 0 spiro atoms. The summed E-state index contributed by atoms with van der Waals surface area (Å²) in [5, 5.41) is 0.445. The van der Waals surface area contributed by atoms with E-state index in [0.717, 1.165) is 24.8 Å². The van der Waals surface area contributed by atoms with Crippen LogP contribution in [0.1, 0.15) is 45.1 Å². The zero-order chi connectivity index (χ0) is 15.5. The van der Waals surface area contributed by atoms with Gasteiger partial charge in [0.15, 0.2) is 0 Å². The lowest BCUT2D eigenvalue weighted by atomic mass is 9.73. The summed E-state index contributed by atoms with van der Waals surface area (Å²) in [4.78, 5) is 0. The van der Waals surface area contributed by atoms with Crippen LogP contribution in [0.5, 0.6) is 0 Å². The highest BCUT2D eigenvalue weighted by molar-refractivity contribution is 6.31. The van der Waals surface area contributed by atoms with Gasteiger partial charge in [-0.2, -0.15) is 0 Å². The van der Waals surface area contributed by atoms with Crippen LogP contribution < -0.4 is 5.73 Å². The number of rotatable bonds is 5. The van der Waals surface area contributed by atoms with E-state index < -0.39 is 0 Å². The maximum atomic E-state index is 13.1. The lowest BCUT2D eigenvalue weighted by Gasteiger charge is -2.44. The fraction of sp³-hybridized carbons (Fsp3) is 0.647. The van der Waals surface area contributed by atoms with Gasteiger partial charge in [0.25, 0.3) is 0 Å². The van der Waals surface area contributed by atoms with Crippen molar-refractivity contribution in [2.75, 3.05) is 6.61 Å². The Balaban J connectivity index is 2.16. The Morgan fingerprint density at radius 2 is 2.29 bits per heavy atom. The maximum Gasteiger partial charge on any atom is 0.124 e. The molecule has 1 aromatic carbocycles. The van der Waals surface area contributed by atoms with Crippen molar-refractivity contribution in [2.24, 2.45) is 11.7 Å². The highest BCUT2D eigenvalue weighted by Gasteiger charge is 2.41. The van der Waals surface area contributed by atoms with E-state index in [9.17, 15) is 4.39 Å². The lowest BCUT2D eigenvalue weighted by Crippen LogP contribution is -2.53. The molecular formula is C17H25ClFNO. The molecule has 1 saturated carbocycles. The van der Waals surface area contributed by atoms with Crippen LogP contribution in [-0.2, 0) is 11.2 Å². The number of hydrogen-bond donors (Lipinski definition) is 1. The summed E-state index contributed by atoms with van der Waals surface area (Å²) < 4.78 is 19.2. The SMILES string of the molecule is CCOC1(C(N)Cc2ccc(F)cc2Cl)CCCC(C)C1. The highest BCUT2D eigenvalue weighted by atomic mass is 35.5. The van der Waals surface area contributed by atoms with Gasteiger partial charge in [-0.25, -0.2) is 4.39 Å². The molecule has 118 valence electrons. The average molecular weight is 314 g/mol. The molecule has 2 rings (SSSR count). The van der Waals surface area contributed by atoms with Crippen molar-refractivity contribution in [1.82, 2.24) is 0 Å². The molecular weight excluding hydrogens is 289 g/mol. The normalized spacial score (nSPS) is 27.6. The summed E-state index contributed by atoms with van der Waals surface area (Å²) >= 11 is 6.13. The molecule has 4 heteroatoms. The molecule has 0 amide bonds. The van der Waals surface area contributed by atoms with Crippen LogP contribution in [0.2, 0.25) is 5.02 Å². The second-order valence-electron chi connectivity index (χ2n) is 6.25. The first kappa shape index (κ1) is 16.7. The minimum Gasteiger partial charge on any atom is -0.374 e. The third-order valence-electron chi connectivity index (χ3n) is 4.55. The molecule has 2 N–H and O–H groups in total. The van der Waals surface area contributed by atoms with E-state index in [-0.39, 0.29) is 17.5 Å². The van der Waals surface area contributed by atoms with Gasteiger partial charge in [-0.1, -0.05) is 37.4 Å². The van der Waals surface area contributed by atoms with E-state index in [1.165, 1.54) is 18.6 Å². The van der Waals surface area contributed by atoms with Crippen LogP contribution in [0.15, 0.2) is 18.2 Å². The fourth-order valence-corrected chi connectivity index (χ4v) is 3.76. The molecule has 0 aromatic heterocycles. The molecule has 0 radical (unpaired) electrons. The third-order valence-corrected chi connectivity index (χ3v) is 4.91. The first-order valence-electron chi connectivity index (χ1n) is 7.80. The maximum absolute atomic E-state index is 13.1. The Morgan fingerprint density at radius 3 is 2.90 bits per heavy atom. The van der Waals surface area contributed by atoms with Gasteiger partial charge in [-0.3, -0.25) is 0 Å². The largest absolute Gasteiger partial charge is 0.374 e. The summed E-state index contributed by atoms with van der Waals surface area (Å²) in [6.45, 7) is 4.93. The van der Waals surface area contributed by atoms with Gasteiger partial charge in [0.2, 0.25) is 0 Å². The van der Waals surface area contributed by atoms with Crippen LogP contribution in [0.4, 0.5) is 4.39 Å². The summed E-state index contributed by atoms with van der Waals surface area (Å²) in [5.74, 6) is 0.308. The quantitative estimate of drug-likeness (QED) is 0.878. The third kappa shape index (κ3) is 3.97. The predicted molar refractivity (Wildman–Crippen MR) is 85.1 cm³/mol. The second kappa shape index (κ2) is 7.08. The van der Waals surface area contributed by atoms with E-state index in [4.69, 9.17) is 22.1 Å². The van der Waals surface area contributed by atoms with Crippen molar-refractivity contribution in [3.8, 4) is 0 Å². The topological polar surface area (TPSA) is 35.2 Å². The number of nitrogens with two attached hydrogens (primary N) is 1. The molecule has 1 fully saturated rings. The number of hydrogen-bond acceptors (Lipinski definition) is 2. The molecule has 1 aliphatic rings. The Morgan fingerprint density at radius 1 is 1.52 bits per heavy atom. The Hall–Kier alpha value is -0.640. The molecule has 0 heterocycles. The van der Waals surface area contributed by atoms with Crippen LogP contribution in [0, 0.1) is 11.7 Å². The van der Waals surface area contributed by atoms with Crippen molar-refractivity contribution < 1.29 is 9.13 Å². The molecule has 1 aliphatic carbocycles. The van der Waals surface area contributed by atoms with Gasteiger partial charge in [0.05, 0.1) is 5.60 Å². The van der Waals surface area contributed by atoms with E-state index in [0.29, 0.717) is 24.0 Å². The van der Waals surface area contributed by atoms with Crippen molar-refractivity contribution in [3.05, 3.63) is 34.6 Å². The standard InChI is InChI=1S/C17H25ClFNO/c1-3-21-17(8-4-5-12(2)11-17)16(20)9-13-6-7-14(19)10-15(13)18/h6-7,10,12,16H,3-5,8-9,11,20H2,1-2H3. The highest BCUT2D eigenvalue weighted by Crippen LogP contribution is 2.38. The van der Waals surface area contributed by atoms with E-state index in [1.54, 1.807) is 6.07 Å². The van der Waals surface area contributed by atoms with Crippen LogP contribution in [0.3, 0.4) is 0 Å². The Labute approximate surface area is 131 Å². The van der Waals surface area contributed by atoms with E-state index in [1.807, 2.05) is 6.92 Å². The van der Waals surface area contributed by atoms with Crippen LogP contribution in [0.25, 0.3) is 0 Å². The Kier molecular flexibility index (Phi) is 5.64. The molecule has 0 aliphatic heterocycles. The molecule has 0 bridgehead atoms. The average Bonchev–Trinajstić information content (AvgIpc) is 2.42. The minimum absolute atomic E-state index is 0.122. The molecule has 1 aromatic rings. The van der Waals surface area contributed by atoms with Gasteiger partial charge >= 0.3 is 0 Å². The summed E-state index contributed by atoms with van der Waals surface area (Å²) in [6.07, 6.45) is 4.97. The van der Waals surface area contributed by atoms with Gasteiger partial charge in [-0.15, -0.1) is 0 Å². The smallest absolute Gasteiger partial charge is 0.124 e. The monoisotopic (exact) mass is 313 g/mol. The molecule has 21 heavy (non-hydrogen) atoms. The lowest BCUT2D eigenvalue weighted by molar-refractivity contribution is -0.0925. The molecule has 3 unspecified atom stereocenters. The number of halogens is 2. The minimum atomic E-state index is -0.317. The van der Waals surface area contributed by atoms with E-state index >= 15 is 0 Å². The fourth-order valence-electron chi connectivity index (χ4n) is 3.52. The van der Waals surface area contributed by atoms with Crippen molar-refractivity contribution >= 4 is 11.6 Å². The zero-order valence-corrected chi connectivity index (χ0v) is 13.6. The molecule has 3 atom stereocenters. The summed E-state index contributed by atoms with van der Waals surface area (Å²) in [6, 6.07) is 4.39. The number of benzene rings is 1. The second-order valence-corrected chi connectivity index (χ2v) is 6.65. The zero-order valence-electron chi connectivity index (χ0n) is 12.9. The van der Waals surface area contributed by atoms with Crippen LogP contribution in [-0.4, -0.2) is 18.2 Å². The van der Waals surface area contributed by atoms with Crippen molar-refractivity contribution in [1.29, 1.82) is 0 Å². The van der Waals surface area contributed by atoms with Gasteiger partial charge in [0.1, 0.15) is 5.82 Å². The van der Waals surface area contributed by atoms with Crippen molar-refractivity contribution in [2.45, 2.75) is 57.6 Å². The molecule has 0 saturated heterocycles. The summed E-state index contributed by atoms with van der Waals surface area (Å²) in [5.41, 5.74) is 7.11.